The highest BCUT2D eigenvalue weighted by Crippen LogP contribution is 2.19. The van der Waals surface area contributed by atoms with E-state index in [2.05, 4.69) is 5.32 Å². The van der Waals surface area contributed by atoms with Crippen LogP contribution in [0.5, 0.6) is 0 Å². The molecule has 2 heterocycles. The molecule has 0 spiro atoms. The molecule has 1 N–H and O–H groups in total. The molecule has 0 saturated carbocycles. The van der Waals surface area contributed by atoms with Crippen molar-refractivity contribution in [2.75, 3.05) is 26.3 Å². The van der Waals surface area contributed by atoms with E-state index in [-0.39, 0.29) is 22.9 Å². The summed E-state index contributed by atoms with van der Waals surface area (Å²) in [7, 11) is -1.89. The number of morpholine rings is 1. The van der Waals surface area contributed by atoms with E-state index >= 15 is 0 Å². The largest absolute Gasteiger partial charge is 0.379 e. The molecule has 1 fully saturated rings. The van der Waals surface area contributed by atoms with Crippen molar-refractivity contribution >= 4 is 26.8 Å². The van der Waals surface area contributed by atoms with Gasteiger partial charge < -0.3 is 14.6 Å². The lowest BCUT2D eigenvalue weighted by atomic mass is 10.1. The first kappa shape index (κ1) is 21.2. The monoisotopic (exact) mass is 441 g/mol. The van der Waals surface area contributed by atoms with Crippen LogP contribution < -0.4 is 10.9 Å². The summed E-state index contributed by atoms with van der Waals surface area (Å²) in [5.74, 6) is -0.362. The van der Waals surface area contributed by atoms with Gasteiger partial charge in [-0.3, -0.25) is 9.59 Å². The average molecular weight is 442 g/mol. The van der Waals surface area contributed by atoms with Gasteiger partial charge in [0.1, 0.15) is 0 Å². The van der Waals surface area contributed by atoms with E-state index in [0.29, 0.717) is 42.8 Å². The molecule has 31 heavy (non-hydrogen) atoms. The predicted octanol–water partition coefficient (Wildman–Crippen LogP) is 1.49. The maximum absolute atomic E-state index is 12.8. The van der Waals surface area contributed by atoms with Gasteiger partial charge in [0.25, 0.3) is 11.5 Å². The zero-order valence-electron chi connectivity index (χ0n) is 17.1. The maximum Gasteiger partial charge on any atom is 0.252 e. The smallest absolute Gasteiger partial charge is 0.252 e. The Morgan fingerprint density at radius 2 is 1.74 bits per heavy atom. The molecule has 0 atom stereocenters. The fraction of sp³-hybridized carbons (Fsp3) is 0.273. The summed E-state index contributed by atoms with van der Waals surface area (Å²) < 4.78 is 33.5. The normalized spacial score (nSPS) is 15.1. The van der Waals surface area contributed by atoms with Gasteiger partial charge in [0.05, 0.1) is 29.2 Å². The number of pyridine rings is 1. The lowest BCUT2D eigenvalue weighted by Gasteiger charge is -2.26. The van der Waals surface area contributed by atoms with Gasteiger partial charge in [-0.05, 0) is 23.8 Å². The molecule has 162 valence electrons. The molecule has 9 heteroatoms. The zero-order chi connectivity index (χ0) is 22.0. The van der Waals surface area contributed by atoms with Crippen LogP contribution in [0, 0.1) is 0 Å². The van der Waals surface area contributed by atoms with E-state index in [1.54, 1.807) is 43.4 Å². The van der Waals surface area contributed by atoms with Crippen molar-refractivity contribution in [1.29, 1.82) is 0 Å². The van der Waals surface area contributed by atoms with Crippen molar-refractivity contribution in [2.24, 2.45) is 7.05 Å². The Morgan fingerprint density at radius 1 is 1.06 bits per heavy atom. The Kier molecular flexibility index (Phi) is 5.90. The first-order valence-corrected chi connectivity index (χ1v) is 11.4. The lowest BCUT2D eigenvalue weighted by molar-refractivity contribution is 0.0730. The van der Waals surface area contributed by atoms with Crippen LogP contribution in [0.25, 0.3) is 10.9 Å². The van der Waals surface area contributed by atoms with Crippen molar-refractivity contribution < 1.29 is 17.9 Å². The minimum absolute atomic E-state index is 0.209. The number of carbonyl (C=O) groups excluding carboxylic acids is 1. The number of benzene rings is 2. The molecule has 4 rings (SSSR count). The summed E-state index contributed by atoms with van der Waals surface area (Å²) in [5, 5.41) is 3.50. The van der Waals surface area contributed by atoms with Crippen molar-refractivity contribution in [3.63, 3.8) is 0 Å². The topological polar surface area (TPSA) is 97.7 Å². The summed E-state index contributed by atoms with van der Waals surface area (Å²) in [6, 6.07) is 15.0. The molecular weight excluding hydrogens is 418 g/mol. The number of fused-ring (bicyclic) bond motifs is 1. The third-order valence-electron chi connectivity index (χ3n) is 5.38. The molecule has 1 aliphatic heterocycles. The van der Waals surface area contributed by atoms with E-state index in [1.807, 2.05) is 12.1 Å². The highest BCUT2D eigenvalue weighted by Gasteiger charge is 2.26. The molecule has 0 bridgehead atoms. The number of hydrogen-bond donors (Lipinski definition) is 1. The molecule has 2 aromatic carbocycles. The number of rotatable bonds is 5. The van der Waals surface area contributed by atoms with E-state index in [9.17, 15) is 18.0 Å². The van der Waals surface area contributed by atoms with Crippen LogP contribution in [0.3, 0.4) is 0 Å². The van der Waals surface area contributed by atoms with E-state index in [1.165, 1.54) is 14.9 Å². The first-order valence-electron chi connectivity index (χ1n) is 9.92. The van der Waals surface area contributed by atoms with Crippen LogP contribution in [-0.2, 0) is 28.4 Å². The first-order chi connectivity index (χ1) is 14.9. The Balaban J connectivity index is 1.49. The molecule has 8 nitrogen and oxygen atoms in total. The molecule has 0 aliphatic carbocycles. The van der Waals surface area contributed by atoms with Gasteiger partial charge in [0.15, 0.2) is 0 Å². The van der Waals surface area contributed by atoms with Gasteiger partial charge >= 0.3 is 0 Å². The van der Waals surface area contributed by atoms with Crippen LogP contribution in [0.2, 0.25) is 0 Å². The van der Waals surface area contributed by atoms with Crippen LogP contribution in [0.4, 0.5) is 0 Å². The van der Waals surface area contributed by atoms with Crippen molar-refractivity contribution in [3.05, 3.63) is 76.1 Å². The Bertz CT molecular complexity index is 1280. The van der Waals surface area contributed by atoms with Gasteiger partial charge in [0, 0.05) is 38.1 Å². The van der Waals surface area contributed by atoms with Crippen LogP contribution in [-0.4, -0.2) is 49.5 Å². The number of aryl methyl sites for hydroxylation is 1. The number of amides is 1. The second-order valence-corrected chi connectivity index (χ2v) is 9.25. The number of aromatic nitrogens is 1. The lowest BCUT2D eigenvalue weighted by Crippen LogP contribution is -2.40. The molecule has 1 aliphatic rings. The number of para-hydroxylation sites is 1. The summed E-state index contributed by atoms with van der Waals surface area (Å²) in [6.45, 7) is 1.66. The predicted molar refractivity (Wildman–Crippen MR) is 116 cm³/mol. The van der Waals surface area contributed by atoms with E-state index in [0.717, 1.165) is 5.56 Å². The van der Waals surface area contributed by atoms with Gasteiger partial charge in [-0.25, -0.2) is 8.42 Å². The molecular formula is C22H23N3O5S. The van der Waals surface area contributed by atoms with Crippen molar-refractivity contribution in [3.8, 4) is 0 Å². The quantitative estimate of drug-likeness (QED) is 0.647. The second kappa shape index (κ2) is 8.62. The third-order valence-corrected chi connectivity index (χ3v) is 7.30. The number of sulfonamides is 1. The molecule has 1 aromatic heterocycles. The summed E-state index contributed by atoms with van der Waals surface area (Å²) in [4.78, 5) is 25.2. The summed E-state index contributed by atoms with van der Waals surface area (Å²) >= 11 is 0. The molecule has 1 amide bonds. The average Bonchev–Trinajstić information content (AvgIpc) is 2.80. The second-order valence-electron chi connectivity index (χ2n) is 7.32. The maximum atomic E-state index is 12.8. The third kappa shape index (κ3) is 4.25. The minimum atomic E-state index is -3.56. The fourth-order valence-corrected chi connectivity index (χ4v) is 5.00. The van der Waals surface area contributed by atoms with Crippen LogP contribution in [0.1, 0.15) is 15.9 Å². The summed E-state index contributed by atoms with van der Waals surface area (Å²) in [5.41, 5.74) is 1.48. The molecule has 3 aromatic rings. The molecule has 0 radical (unpaired) electrons. The highest BCUT2D eigenvalue weighted by atomic mass is 32.2. The zero-order valence-corrected chi connectivity index (χ0v) is 17.9. The highest BCUT2D eigenvalue weighted by molar-refractivity contribution is 7.89. The van der Waals surface area contributed by atoms with E-state index < -0.39 is 10.0 Å². The minimum Gasteiger partial charge on any atom is -0.379 e. The Labute approximate surface area is 180 Å². The van der Waals surface area contributed by atoms with Crippen LogP contribution >= 0.6 is 0 Å². The number of hydrogen-bond acceptors (Lipinski definition) is 5. The number of carbonyl (C=O) groups is 1. The van der Waals surface area contributed by atoms with Crippen molar-refractivity contribution in [1.82, 2.24) is 14.2 Å². The SMILES string of the molecule is Cn1c(=O)cc(C(=O)NCc2ccc(S(=O)(=O)N3CCOCC3)cc2)c2ccccc21. The van der Waals surface area contributed by atoms with Gasteiger partial charge in [-0.15, -0.1) is 0 Å². The Morgan fingerprint density at radius 3 is 2.45 bits per heavy atom. The molecule has 1 saturated heterocycles. The Hall–Kier alpha value is -3.01. The number of nitrogens with one attached hydrogen (secondary N) is 1. The van der Waals surface area contributed by atoms with Gasteiger partial charge in [0.2, 0.25) is 10.0 Å². The van der Waals surface area contributed by atoms with Gasteiger partial charge in [-0.1, -0.05) is 30.3 Å². The van der Waals surface area contributed by atoms with Crippen molar-refractivity contribution in [2.45, 2.75) is 11.4 Å². The van der Waals surface area contributed by atoms with Gasteiger partial charge in [-0.2, -0.15) is 4.31 Å². The number of ether oxygens (including phenoxy) is 1. The van der Waals surface area contributed by atoms with E-state index in [4.69, 9.17) is 4.74 Å². The molecule has 0 unspecified atom stereocenters. The summed E-state index contributed by atoms with van der Waals surface area (Å²) in [6.07, 6.45) is 0. The standard InChI is InChI=1S/C22H23N3O5S/c1-24-20-5-3-2-4-18(20)19(14-21(24)26)22(27)23-15-16-6-8-17(9-7-16)31(28,29)25-10-12-30-13-11-25/h2-9,14H,10-13,15H2,1H3,(H,23,27). The van der Waals surface area contributed by atoms with Crippen LogP contribution in [0.15, 0.2) is 64.3 Å². The number of nitrogens with zero attached hydrogens (tertiary/aromatic N) is 2. The fourth-order valence-electron chi connectivity index (χ4n) is 3.59.